The summed E-state index contributed by atoms with van der Waals surface area (Å²) in [4.78, 5) is 19.6. The van der Waals surface area contributed by atoms with Crippen LogP contribution in [0.3, 0.4) is 0 Å². The van der Waals surface area contributed by atoms with Crippen molar-refractivity contribution in [2.75, 3.05) is 0 Å². The van der Waals surface area contributed by atoms with E-state index in [1.165, 1.54) is 38.6 Å². The summed E-state index contributed by atoms with van der Waals surface area (Å²) in [6, 6.07) is 52.5. The lowest BCUT2D eigenvalue weighted by Crippen LogP contribution is -2.00. The second-order valence-corrected chi connectivity index (χ2v) is 11.5. The molecule has 4 heteroatoms. The van der Waals surface area contributed by atoms with E-state index < -0.39 is 0 Å². The van der Waals surface area contributed by atoms with Gasteiger partial charge in [-0.1, -0.05) is 146 Å². The second kappa shape index (κ2) is 10.7. The molecule has 0 unspecified atom stereocenters. The van der Waals surface area contributed by atoms with Gasteiger partial charge in [0.05, 0.1) is 5.69 Å². The van der Waals surface area contributed by atoms with E-state index in [0.29, 0.717) is 17.5 Å². The predicted octanol–water partition coefficient (Wildman–Crippen LogP) is 10.4. The van der Waals surface area contributed by atoms with Crippen LogP contribution in [0.25, 0.3) is 89.6 Å². The van der Waals surface area contributed by atoms with E-state index in [2.05, 4.69) is 91.0 Å². The number of hydrogen-bond acceptors (Lipinski definition) is 4. The van der Waals surface area contributed by atoms with E-state index in [4.69, 9.17) is 19.9 Å². The van der Waals surface area contributed by atoms with Crippen LogP contribution in [0.5, 0.6) is 0 Å². The van der Waals surface area contributed by atoms with Gasteiger partial charge in [-0.05, 0) is 44.7 Å². The van der Waals surface area contributed by atoms with Crippen molar-refractivity contribution < 1.29 is 0 Å². The Morgan fingerprint density at radius 1 is 0.326 bits per heavy atom. The summed E-state index contributed by atoms with van der Waals surface area (Å²) in [5.41, 5.74) is 12.0. The Balaban J connectivity index is 1.15. The molecule has 0 bridgehead atoms. The highest BCUT2D eigenvalue weighted by molar-refractivity contribution is 6.13. The zero-order chi connectivity index (χ0) is 30.5. The minimum Gasteiger partial charge on any atom is -0.256 e. The molecule has 0 amide bonds. The van der Waals surface area contributed by atoms with E-state index in [9.17, 15) is 0 Å². The van der Waals surface area contributed by atoms with Crippen LogP contribution >= 0.6 is 0 Å². The van der Waals surface area contributed by atoms with Gasteiger partial charge < -0.3 is 0 Å². The minimum atomic E-state index is 0.633. The molecule has 0 fully saturated rings. The van der Waals surface area contributed by atoms with Gasteiger partial charge in [-0.2, -0.15) is 0 Å². The first-order valence-electron chi connectivity index (χ1n) is 15.4. The van der Waals surface area contributed by atoms with Crippen LogP contribution in [0, 0.1) is 0 Å². The van der Waals surface area contributed by atoms with Crippen LogP contribution in [0.4, 0.5) is 0 Å². The van der Waals surface area contributed by atoms with Crippen molar-refractivity contribution in [3.05, 3.63) is 158 Å². The zero-order valence-corrected chi connectivity index (χ0v) is 24.8. The van der Waals surface area contributed by atoms with Crippen molar-refractivity contribution in [1.82, 2.24) is 19.9 Å². The highest BCUT2D eigenvalue weighted by Gasteiger charge is 2.22. The average Bonchev–Trinajstić information content (AvgIpc) is 3.26. The molecule has 0 aliphatic heterocycles. The Labute approximate surface area is 266 Å². The van der Waals surface area contributed by atoms with Crippen molar-refractivity contribution in [3.63, 3.8) is 0 Å². The van der Waals surface area contributed by atoms with Gasteiger partial charge in [-0.15, -0.1) is 0 Å². The van der Waals surface area contributed by atoms with Gasteiger partial charge in [-0.25, -0.2) is 15.0 Å². The Morgan fingerprint density at radius 3 is 1.37 bits per heavy atom. The number of aromatic nitrogens is 4. The molecule has 0 atom stereocenters. The molecule has 46 heavy (non-hydrogen) atoms. The van der Waals surface area contributed by atoms with Crippen LogP contribution in [0.2, 0.25) is 0 Å². The minimum absolute atomic E-state index is 0.633. The molecule has 0 radical (unpaired) electrons. The number of fused-ring (bicyclic) bond motifs is 5. The van der Waals surface area contributed by atoms with E-state index in [0.717, 1.165) is 33.5 Å². The van der Waals surface area contributed by atoms with Gasteiger partial charge in [0.15, 0.2) is 17.5 Å². The predicted molar refractivity (Wildman–Crippen MR) is 187 cm³/mol. The Morgan fingerprint density at radius 2 is 0.783 bits per heavy atom. The second-order valence-electron chi connectivity index (χ2n) is 11.5. The molecule has 214 valence electrons. The normalized spacial score (nSPS) is 11.5. The van der Waals surface area contributed by atoms with Crippen molar-refractivity contribution in [2.45, 2.75) is 0 Å². The summed E-state index contributed by atoms with van der Waals surface area (Å²) in [7, 11) is 0. The van der Waals surface area contributed by atoms with Gasteiger partial charge in [0.1, 0.15) is 0 Å². The number of hydrogen-bond donors (Lipinski definition) is 0. The van der Waals surface area contributed by atoms with Gasteiger partial charge in [-0.3, -0.25) is 4.98 Å². The molecule has 9 rings (SSSR count). The van der Waals surface area contributed by atoms with E-state index >= 15 is 0 Å². The third-order valence-electron chi connectivity index (χ3n) is 8.74. The quantitative estimate of drug-likeness (QED) is 0.206. The molecular formula is C42H26N4. The van der Waals surface area contributed by atoms with E-state index in [1.54, 1.807) is 0 Å². The molecule has 0 saturated heterocycles. The van der Waals surface area contributed by atoms with Crippen LogP contribution in [0.1, 0.15) is 0 Å². The third-order valence-corrected chi connectivity index (χ3v) is 8.74. The van der Waals surface area contributed by atoms with Crippen molar-refractivity contribution in [3.8, 4) is 78.8 Å². The van der Waals surface area contributed by atoms with Crippen LogP contribution < -0.4 is 0 Å². The molecule has 1 aliphatic rings. The maximum Gasteiger partial charge on any atom is 0.164 e. The molecule has 6 aromatic carbocycles. The van der Waals surface area contributed by atoms with Crippen LogP contribution in [0.15, 0.2) is 158 Å². The molecular weight excluding hydrogens is 560 g/mol. The lowest BCUT2D eigenvalue weighted by atomic mass is 9.93. The van der Waals surface area contributed by atoms with Gasteiger partial charge in [0, 0.05) is 34.0 Å². The summed E-state index contributed by atoms with van der Waals surface area (Å²) in [5.74, 6) is 1.93. The van der Waals surface area contributed by atoms with E-state index in [-0.39, 0.29) is 0 Å². The first-order chi connectivity index (χ1) is 22.8. The molecule has 0 saturated carbocycles. The van der Waals surface area contributed by atoms with Crippen LogP contribution in [-0.2, 0) is 0 Å². The number of rotatable bonds is 4. The first kappa shape index (κ1) is 26.2. The zero-order valence-electron chi connectivity index (χ0n) is 24.8. The topological polar surface area (TPSA) is 51.6 Å². The average molecular weight is 587 g/mol. The molecule has 2 aromatic heterocycles. The number of nitrogens with zero attached hydrogens (tertiary/aromatic N) is 4. The summed E-state index contributed by atoms with van der Waals surface area (Å²) in [6.07, 6.45) is 2.04. The Bertz CT molecular complexity index is 2340. The molecule has 8 aromatic rings. The Kier molecular flexibility index (Phi) is 6.10. The third kappa shape index (κ3) is 4.39. The largest absolute Gasteiger partial charge is 0.256 e. The fraction of sp³-hybridized carbons (Fsp3) is 0. The monoisotopic (exact) mass is 586 g/mol. The van der Waals surface area contributed by atoms with Gasteiger partial charge >= 0.3 is 0 Å². The molecule has 0 N–H and O–H groups in total. The molecule has 4 nitrogen and oxygen atoms in total. The lowest BCUT2D eigenvalue weighted by molar-refractivity contribution is 1.07. The highest BCUT2D eigenvalue weighted by atomic mass is 15.0. The smallest absolute Gasteiger partial charge is 0.164 e. The van der Waals surface area contributed by atoms with Crippen molar-refractivity contribution >= 4 is 10.8 Å². The molecule has 1 aliphatic carbocycles. The van der Waals surface area contributed by atoms with Gasteiger partial charge in [0.25, 0.3) is 0 Å². The Hall–Kier alpha value is -6.26. The van der Waals surface area contributed by atoms with Gasteiger partial charge in [0.2, 0.25) is 0 Å². The molecule has 0 spiro atoms. The lowest BCUT2D eigenvalue weighted by Gasteiger charge is -2.13. The highest BCUT2D eigenvalue weighted by Crippen LogP contribution is 2.47. The summed E-state index contributed by atoms with van der Waals surface area (Å²) in [5, 5.41) is 2.51. The number of pyridine rings is 1. The van der Waals surface area contributed by atoms with Crippen molar-refractivity contribution in [1.29, 1.82) is 0 Å². The maximum absolute atomic E-state index is 5.01. The summed E-state index contributed by atoms with van der Waals surface area (Å²) in [6.45, 7) is 0. The van der Waals surface area contributed by atoms with Crippen molar-refractivity contribution in [2.24, 2.45) is 0 Å². The fourth-order valence-corrected chi connectivity index (χ4v) is 6.52. The number of benzene rings is 6. The fourth-order valence-electron chi connectivity index (χ4n) is 6.52. The summed E-state index contributed by atoms with van der Waals surface area (Å²) < 4.78 is 0. The maximum atomic E-state index is 5.01. The first-order valence-corrected chi connectivity index (χ1v) is 15.4. The van der Waals surface area contributed by atoms with Crippen LogP contribution in [-0.4, -0.2) is 19.9 Å². The van der Waals surface area contributed by atoms with E-state index in [1.807, 2.05) is 66.9 Å². The molecule has 2 heterocycles. The standard InChI is InChI=1S/C42H26N4/c1-3-11-29(12-4-1)40-44-41(30-13-5-2-6-14-30)46-42(45-40)31-23-21-27(22-24-31)38-25-36-33-18-8-7-17-32(33)34-19-9-15-28-16-10-20-35(39(28)34)37(36)26-43-38/h1-26H. The summed E-state index contributed by atoms with van der Waals surface area (Å²) >= 11 is 0. The SMILES string of the molecule is c1ccc(-c2nc(-c3ccccc3)nc(-c3ccc(-c4cc5c(cn4)-c4cccc6cccc(c46)-c4ccccc4-5)cc3)n2)cc1.